The molecule has 2 rings (SSSR count). The highest BCUT2D eigenvalue weighted by atomic mass is 79.9. The number of nitrogens with two attached hydrogens (primary N) is 1. The molecule has 1 aliphatic carbocycles. The van der Waals surface area contributed by atoms with E-state index < -0.39 is 4.92 Å². The van der Waals surface area contributed by atoms with Crippen molar-refractivity contribution in [3.63, 3.8) is 0 Å². The summed E-state index contributed by atoms with van der Waals surface area (Å²) < 4.78 is 6.50. The minimum Gasteiger partial charge on any atom is -0.486 e. The van der Waals surface area contributed by atoms with Gasteiger partial charge < -0.3 is 10.5 Å². The quantitative estimate of drug-likeness (QED) is 0.656. The van der Waals surface area contributed by atoms with Gasteiger partial charge in [0.1, 0.15) is 0 Å². The normalized spacial score (nSPS) is 22.5. The Labute approximate surface area is 126 Å². The molecule has 1 fully saturated rings. The molecule has 0 spiro atoms. The lowest BCUT2D eigenvalue weighted by atomic mass is 9.80. The van der Waals surface area contributed by atoms with E-state index in [-0.39, 0.29) is 5.69 Å². The van der Waals surface area contributed by atoms with Crippen molar-refractivity contribution in [1.29, 1.82) is 0 Å². The Morgan fingerprint density at radius 3 is 2.70 bits per heavy atom. The summed E-state index contributed by atoms with van der Waals surface area (Å²) in [4.78, 5) is 10.6. The lowest BCUT2D eigenvalue weighted by Crippen LogP contribution is -2.30. The molecule has 0 saturated heterocycles. The monoisotopic (exact) mass is 342 g/mol. The fourth-order valence-corrected chi connectivity index (χ4v) is 3.11. The Balaban J connectivity index is 2.06. The van der Waals surface area contributed by atoms with Gasteiger partial charge in [0.2, 0.25) is 0 Å². The van der Waals surface area contributed by atoms with Crippen LogP contribution < -0.4 is 10.5 Å². The van der Waals surface area contributed by atoms with Crippen molar-refractivity contribution >= 4 is 21.6 Å². The molecule has 2 unspecified atom stereocenters. The summed E-state index contributed by atoms with van der Waals surface area (Å²) in [6.45, 7) is 1.16. The molecule has 0 heterocycles. The summed E-state index contributed by atoms with van der Waals surface area (Å²) in [5, 5.41) is 11.0. The smallest absolute Gasteiger partial charge is 0.310 e. The van der Waals surface area contributed by atoms with E-state index in [1.807, 2.05) is 0 Å². The van der Waals surface area contributed by atoms with Gasteiger partial charge >= 0.3 is 5.69 Å². The molecule has 110 valence electrons. The van der Waals surface area contributed by atoms with Crippen molar-refractivity contribution < 1.29 is 9.66 Å². The van der Waals surface area contributed by atoms with Gasteiger partial charge in [-0.3, -0.25) is 10.1 Å². The first-order chi connectivity index (χ1) is 9.61. The van der Waals surface area contributed by atoms with Crippen LogP contribution in [0.4, 0.5) is 5.69 Å². The van der Waals surface area contributed by atoms with E-state index in [4.69, 9.17) is 10.5 Å². The van der Waals surface area contributed by atoms with Gasteiger partial charge in [-0.15, -0.1) is 0 Å². The molecule has 1 saturated carbocycles. The molecule has 0 aliphatic heterocycles. The number of nitro groups is 1. The highest BCUT2D eigenvalue weighted by Gasteiger charge is 2.25. The van der Waals surface area contributed by atoms with Crippen molar-refractivity contribution in [2.75, 3.05) is 13.2 Å². The van der Waals surface area contributed by atoms with E-state index in [1.54, 1.807) is 12.1 Å². The van der Waals surface area contributed by atoms with E-state index in [0.29, 0.717) is 30.7 Å². The van der Waals surface area contributed by atoms with Crippen LogP contribution in [0, 0.1) is 22.0 Å². The second-order valence-electron chi connectivity index (χ2n) is 5.22. The summed E-state index contributed by atoms with van der Waals surface area (Å²) >= 11 is 3.31. The van der Waals surface area contributed by atoms with E-state index in [1.165, 1.54) is 18.9 Å². The standard InChI is InChI=1S/C14H19BrN2O3/c15-12-5-6-13(17(18)19)14(7-12)20-9-11-4-2-1-3-10(11)8-16/h5-7,10-11H,1-4,8-9,16H2. The summed E-state index contributed by atoms with van der Waals surface area (Å²) in [5.41, 5.74) is 5.80. The average molecular weight is 343 g/mol. The molecule has 20 heavy (non-hydrogen) atoms. The van der Waals surface area contributed by atoms with Gasteiger partial charge in [-0.1, -0.05) is 28.8 Å². The lowest BCUT2D eigenvalue weighted by Gasteiger charge is -2.30. The van der Waals surface area contributed by atoms with Crippen LogP contribution >= 0.6 is 15.9 Å². The first-order valence-corrected chi connectivity index (χ1v) is 7.68. The molecule has 5 nitrogen and oxygen atoms in total. The van der Waals surface area contributed by atoms with Crippen LogP contribution in [0.25, 0.3) is 0 Å². The third-order valence-corrected chi connectivity index (χ3v) is 4.43. The maximum Gasteiger partial charge on any atom is 0.310 e. The van der Waals surface area contributed by atoms with Gasteiger partial charge in [-0.25, -0.2) is 0 Å². The van der Waals surface area contributed by atoms with Crippen LogP contribution in [0.1, 0.15) is 25.7 Å². The summed E-state index contributed by atoms with van der Waals surface area (Å²) in [7, 11) is 0. The van der Waals surface area contributed by atoms with Gasteiger partial charge in [0.15, 0.2) is 5.75 Å². The van der Waals surface area contributed by atoms with Crippen molar-refractivity contribution in [2.45, 2.75) is 25.7 Å². The second-order valence-corrected chi connectivity index (χ2v) is 6.14. The Kier molecular flexibility index (Phi) is 5.37. The molecule has 2 N–H and O–H groups in total. The number of nitro benzene ring substituents is 1. The Morgan fingerprint density at radius 1 is 1.35 bits per heavy atom. The average Bonchev–Trinajstić information content (AvgIpc) is 2.45. The number of halogens is 1. The molecular formula is C14H19BrN2O3. The van der Waals surface area contributed by atoms with Crippen molar-refractivity contribution in [3.05, 3.63) is 32.8 Å². The van der Waals surface area contributed by atoms with Gasteiger partial charge in [-0.2, -0.15) is 0 Å². The fraction of sp³-hybridized carbons (Fsp3) is 0.571. The SMILES string of the molecule is NCC1CCCCC1COc1cc(Br)ccc1[N+](=O)[O-]. The molecule has 6 heteroatoms. The third-order valence-electron chi connectivity index (χ3n) is 3.94. The van der Waals surface area contributed by atoms with Crippen molar-refractivity contribution in [2.24, 2.45) is 17.6 Å². The zero-order valence-corrected chi connectivity index (χ0v) is 12.8. The minimum absolute atomic E-state index is 0.00769. The van der Waals surface area contributed by atoms with Crippen molar-refractivity contribution in [3.8, 4) is 5.75 Å². The first-order valence-electron chi connectivity index (χ1n) is 6.88. The summed E-state index contributed by atoms with van der Waals surface area (Å²) in [6, 6.07) is 4.76. The third kappa shape index (κ3) is 3.70. The van der Waals surface area contributed by atoms with Crippen LogP contribution in [0.5, 0.6) is 5.75 Å². The number of hydrogen-bond donors (Lipinski definition) is 1. The van der Waals surface area contributed by atoms with E-state index in [2.05, 4.69) is 15.9 Å². The Morgan fingerprint density at radius 2 is 2.05 bits per heavy atom. The van der Waals surface area contributed by atoms with Gasteiger partial charge in [0.05, 0.1) is 11.5 Å². The maximum atomic E-state index is 11.0. The van der Waals surface area contributed by atoms with Crippen LogP contribution in [0.15, 0.2) is 22.7 Å². The molecule has 0 aromatic heterocycles. The summed E-state index contributed by atoms with van der Waals surface area (Å²) in [6.07, 6.45) is 4.62. The minimum atomic E-state index is -0.414. The lowest BCUT2D eigenvalue weighted by molar-refractivity contribution is -0.385. The van der Waals surface area contributed by atoms with Gasteiger partial charge in [0, 0.05) is 16.6 Å². The predicted molar refractivity (Wildman–Crippen MR) is 80.8 cm³/mol. The molecule has 0 bridgehead atoms. The summed E-state index contributed by atoms with van der Waals surface area (Å²) in [5.74, 6) is 1.19. The zero-order valence-electron chi connectivity index (χ0n) is 11.3. The molecule has 1 aromatic carbocycles. The Bertz CT molecular complexity index is 481. The molecule has 0 amide bonds. The molecule has 0 radical (unpaired) electrons. The highest BCUT2D eigenvalue weighted by molar-refractivity contribution is 9.10. The van der Waals surface area contributed by atoms with E-state index in [9.17, 15) is 10.1 Å². The topological polar surface area (TPSA) is 78.4 Å². The molecular weight excluding hydrogens is 324 g/mol. The van der Waals surface area contributed by atoms with Crippen LogP contribution in [0.3, 0.4) is 0 Å². The number of ether oxygens (including phenoxy) is 1. The van der Waals surface area contributed by atoms with Gasteiger partial charge in [-0.05, 0) is 37.3 Å². The van der Waals surface area contributed by atoms with Gasteiger partial charge in [0.25, 0.3) is 0 Å². The Hall–Kier alpha value is -1.14. The van der Waals surface area contributed by atoms with Crippen LogP contribution in [-0.4, -0.2) is 18.1 Å². The number of hydrogen-bond acceptors (Lipinski definition) is 4. The molecule has 1 aromatic rings. The predicted octanol–water partition coefficient (Wildman–Crippen LogP) is 3.50. The fourth-order valence-electron chi connectivity index (χ4n) is 2.77. The number of nitrogens with zero attached hydrogens (tertiary/aromatic N) is 1. The van der Waals surface area contributed by atoms with Crippen molar-refractivity contribution in [1.82, 2.24) is 0 Å². The second kappa shape index (κ2) is 7.04. The number of rotatable bonds is 5. The van der Waals surface area contributed by atoms with Crippen LogP contribution in [0.2, 0.25) is 0 Å². The molecule has 2 atom stereocenters. The van der Waals surface area contributed by atoms with E-state index in [0.717, 1.165) is 17.3 Å². The largest absolute Gasteiger partial charge is 0.486 e. The molecule has 1 aliphatic rings. The zero-order chi connectivity index (χ0) is 14.5. The number of benzene rings is 1. The maximum absolute atomic E-state index is 11.0. The van der Waals surface area contributed by atoms with E-state index >= 15 is 0 Å². The first kappa shape index (κ1) is 15.3. The van der Waals surface area contributed by atoms with Crippen LogP contribution in [-0.2, 0) is 0 Å². The highest BCUT2D eigenvalue weighted by Crippen LogP contribution is 2.33.